The molecule has 2 aromatic rings. The van der Waals surface area contributed by atoms with Crippen molar-refractivity contribution in [3.8, 4) is 0 Å². The Morgan fingerprint density at radius 1 is 1.26 bits per heavy atom. The zero-order chi connectivity index (χ0) is 15.9. The lowest BCUT2D eigenvalue weighted by Gasteiger charge is -2.25. The fraction of sp³-hybridized carbons (Fsp3) is 0.333. The van der Waals surface area contributed by atoms with Crippen molar-refractivity contribution < 1.29 is 9.53 Å². The molecule has 1 saturated heterocycles. The largest absolute Gasteiger partial charge is 0.376 e. The average Bonchev–Trinajstić information content (AvgIpc) is 3.14. The van der Waals surface area contributed by atoms with Crippen LogP contribution >= 0.6 is 0 Å². The van der Waals surface area contributed by atoms with Crippen molar-refractivity contribution >= 4 is 6.03 Å². The SMILES string of the molecule is O=C(NCc1cccnc1)N[C@H](c1ccccc1)[C@H]1CCCO1. The summed E-state index contributed by atoms with van der Waals surface area (Å²) < 4.78 is 5.78. The Bertz CT molecular complexity index is 613. The Morgan fingerprint density at radius 2 is 2.13 bits per heavy atom. The van der Waals surface area contributed by atoms with Crippen LogP contribution in [0, 0.1) is 0 Å². The summed E-state index contributed by atoms with van der Waals surface area (Å²) in [6.07, 6.45) is 5.48. The van der Waals surface area contributed by atoms with E-state index in [-0.39, 0.29) is 18.2 Å². The summed E-state index contributed by atoms with van der Waals surface area (Å²) in [7, 11) is 0. The number of pyridine rings is 1. The molecule has 2 N–H and O–H groups in total. The highest BCUT2D eigenvalue weighted by molar-refractivity contribution is 5.74. The van der Waals surface area contributed by atoms with Gasteiger partial charge in [-0.3, -0.25) is 4.98 Å². The molecule has 1 fully saturated rings. The first-order chi connectivity index (χ1) is 11.3. The fourth-order valence-electron chi connectivity index (χ4n) is 2.79. The second-order valence-electron chi connectivity index (χ2n) is 5.63. The highest BCUT2D eigenvalue weighted by atomic mass is 16.5. The smallest absolute Gasteiger partial charge is 0.315 e. The highest BCUT2D eigenvalue weighted by Crippen LogP contribution is 2.26. The number of benzene rings is 1. The third kappa shape index (κ3) is 4.29. The van der Waals surface area contributed by atoms with E-state index in [1.807, 2.05) is 42.5 Å². The Labute approximate surface area is 136 Å². The van der Waals surface area contributed by atoms with Gasteiger partial charge in [0, 0.05) is 25.5 Å². The van der Waals surface area contributed by atoms with Gasteiger partial charge in [0.15, 0.2) is 0 Å². The molecule has 5 nitrogen and oxygen atoms in total. The van der Waals surface area contributed by atoms with Gasteiger partial charge in [0.1, 0.15) is 0 Å². The number of carbonyl (C=O) groups excluding carboxylic acids is 1. The maximum atomic E-state index is 12.3. The summed E-state index contributed by atoms with van der Waals surface area (Å²) >= 11 is 0. The zero-order valence-electron chi connectivity index (χ0n) is 12.9. The van der Waals surface area contributed by atoms with Gasteiger partial charge in [0.2, 0.25) is 0 Å². The number of aromatic nitrogens is 1. The summed E-state index contributed by atoms with van der Waals surface area (Å²) in [5.74, 6) is 0. The molecular weight excluding hydrogens is 290 g/mol. The van der Waals surface area contributed by atoms with Crippen LogP contribution < -0.4 is 10.6 Å². The molecule has 2 amide bonds. The number of nitrogens with one attached hydrogen (secondary N) is 2. The molecule has 1 aromatic carbocycles. The minimum atomic E-state index is -0.196. The first-order valence-electron chi connectivity index (χ1n) is 7.93. The normalized spacial score (nSPS) is 18.3. The molecule has 0 unspecified atom stereocenters. The number of urea groups is 1. The van der Waals surface area contributed by atoms with Crippen LogP contribution in [0.2, 0.25) is 0 Å². The molecule has 0 saturated carbocycles. The predicted molar refractivity (Wildman–Crippen MR) is 87.8 cm³/mol. The molecule has 0 bridgehead atoms. The van der Waals surface area contributed by atoms with E-state index in [1.165, 1.54) is 0 Å². The topological polar surface area (TPSA) is 63.2 Å². The van der Waals surface area contributed by atoms with Gasteiger partial charge in [-0.2, -0.15) is 0 Å². The number of hydrogen-bond acceptors (Lipinski definition) is 3. The third-order valence-corrected chi connectivity index (χ3v) is 3.96. The number of rotatable bonds is 5. The van der Waals surface area contributed by atoms with Crippen molar-refractivity contribution in [3.05, 3.63) is 66.0 Å². The van der Waals surface area contributed by atoms with E-state index in [0.717, 1.165) is 30.6 Å². The minimum Gasteiger partial charge on any atom is -0.376 e. The van der Waals surface area contributed by atoms with Gasteiger partial charge in [-0.05, 0) is 30.0 Å². The molecule has 0 spiro atoms. The van der Waals surface area contributed by atoms with Crippen LogP contribution in [0.15, 0.2) is 54.9 Å². The van der Waals surface area contributed by atoms with Gasteiger partial charge in [-0.15, -0.1) is 0 Å². The molecule has 3 rings (SSSR count). The molecule has 2 heterocycles. The summed E-state index contributed by atoms with van der Waals surface area (Å²) in [6, 6.07) is 13.4. The molecule has 1 aromatic heterocycles. The van der Waals surface area contributed by atoms with Crippen molar-refractivity contribution in [3.63, 3.8) is 0 Å². The van der Waals surface area contributed by atoms with E-state index in [2.05, 4.69) is 15.6 Å². The van der Waals surface area contributed by atoms with Crippen molar-refractivity contribution in [2.45, 2.75) is 31.5 Å². The number of hydrogen-bond donors (Lipinski definition) is 2. The van der Waals surface area contributed by atoms with Gasteiger partial charge >= 0.3 is 6.03 Å². The van der Waals surface area contributed by atoms with Crippen LogP contribution in [0.25, 0.3) is 0 Å². The summed E-state index contributed by atoms with van der Waals surface area (Å²) in [6.45, 7) is 1.21. The number of carbonyl (C=O) groups is 1. The molecule has 0 aliphatic carbocycles. The molecule has 0 radical (unpaired) electrons. The quantitative estimate of drug-likeness (QED) is 0.892. The molecule has 1 aliphatic rings. The van der Waals surface area contributed by atoms with E-state index in [4.69, 9.17) is 4.74 Å². The van der Waals surface area contributed by atoms with Crippen LogP contribution in [-0.4, -0.2) is 23.7 Å². The van der Waals surface area contributed by atoms with E-state index >= 15 is 0 Å². The van der Waals surface area contributed by atoms with Crippen LogP contribution in [0.4, 0.5) is 4.79 Å². The molecule has 1 aliphatic heterocycles. The molecule has 5 heteroatoms. The first kappa shape index (κ1) is 15.5. The van der Waals surface area contributed by atoms with E-state index in [0.29, 0.717) is 6.54 Å². The van der Waals surface area contributed by atoms with Crippen LogP contribution in [0.1, 0.15) is 30.0 Å². The number of ether oxygens (including phenoxy) is 1. The zero-order valence-corrected chi connectivity index (χ0v) is 12.9. The van der Waals surface area contributed by atoms with Gasteiger partial charge in [0.05, 0.1) is 12.1 Å². The van der Waals surface area contributed by atoms with Gasteiger partial charge in [-0.25, -0.2) is 4.79 Å². The Kier molecular flexibility index (Phi) is 5.21. The van der Waals surface area contributed by atoms with Gasteiger partial charge in [0.25, 0.3) is 0 Å². The second kappa shape index (κ2) is 7.74. The van der Waals surface area contributed by atoms with E-state index in [9.17, 15) is 4.79 Å². The third-order valence-electron chi connectivity index (χ3n) is 3.96. The second-order valence-corrected chi connectivity index (χ2v) is 5.63. The maximum absolute atomic E-state index is 12.3. The number of nitrogens with zero attached hydrogens (tertiary/aromatic N) is 1. The minimum absolute atomic E-state index is 0.0292. The van der Waals surface area contributed by atoms with Crippen molar-refractivity contribution in [2.75, 3.05) is 6.61 Å². The van der Waals surface area contributed by atoms with E-state index in [1.54, 1.807) is 12.4 Å². The maximum Gasteiger partial charge on any atom is 0.315 e. The summed E-state index contributed by atoms with van der Waals surface area (Å²) in [4.78, 5) is 16.3. The molecule has 2 atom stereocenters. The fourth-order valence-corrected chi connectivity index (χ4v) is 2.79. The van der Waals surface area contributed by atoms with Gasteiger partial charge in [-0.1, -0.05) is 36.4 Å². The van der Waals surface area contributed by atoms with Crippen molar-refractivity contribution in [2.24, 2.45) is 0 Å². The van der Waals surface area contributed by atoms with Crippen LogP contribution in [0.3, 0.4) is 0 Å². The van der Waals surface area contributed by atoms with Crippen molar-refractivity contribution in [1.82, 2.24) is 15.6 Å². The van der Waals surface area contributed by atoms with Crippen LogP contribution in [0.5, 0.6) is 0 Å². The Hall–Kier alpha value is -2.40. The standard InChI is InChI=1S/C18H21N3O2/c22-18(20-13-14-6-4-10-19-12-14)21-17(16-9-5-11-23-16)15-7-2-1-3-8-15/h1-4,6-8,10,12,16-17H,5,9,11,13H2,(H2,20,21,22)/t16-,17-/m1/s1. The summed E-state index contributed by atoms with van der Waals surface area (Å²) in [5, 5.41) is 5.93. The molecule has 120 valence electrons. The number of amides is 2. The first-order valence-corrected chi connectivity index (χ1v) is 7.93. The lowest BCUT2D eigenvalue weighted by Crippen LogP contribution is -2.42. The van der Waals surface area contributed by atoms with E-state index < -0.39 is 0 Å². The van der Waals surface area contributed by atoms with Crippen LogP contribution in [-0.2, 0) is 11.3 Å². The Morgan fingerprint density at radius 3 is 2.83 bits per heavy atom. The molecule has 23 heavy (non-hydrogen) atoms. The Balaban J connectivity index is 1.62. The monoisotopic (exact) mass is 311 g/mol. The predicted octanol–water partition coefficient (Wildman–Crippen LogP) is 2.80. The summed E-state index contributed by atoms with van der Waals surface area (Å²) in [5.41, 5.74) is 2.03. The lowest BCUT2D eigenvalue weighted by atomic mass is 9.99. The average molecular weight is 311 g/mol. The highest BCUT2D eigenvalue weighted by Gasteiger charge is 2.28. The lowest BCUT2D eigenvalue weighted by molar-refractivity contribution is 0.0807. The molecular formula is C18H21N3O2. The van der Waals surface area contributed by atoms with Crippen molar-refractivity contribution in [1.29, 1.82) is 0 Å². The van der Waals surface area contributed by atoms with Gasteiger partial charge < -0.3 is 15.4 Å².